The molecule has 5 nitrogen and oxygen atoms in total. The van der Waals surface area contributed by atoms with Crippen molar-refractivity contribution in [2.45, 2.75) is 26.2 Å². The van der Waals surface area contributed by atoms with Gasteiger partial charge in [0.15, 0.2) is 0 Å². The summed E-state index contributed by atoms with van der Waals surface area (Å²) in [5.41, 5.74) is -0.186. The molecule has 0 atom stereocenters. The van der Waals surface area contributed by atoms with Crippen molar-refractivity contribution in [3.63, 3.8) is 0 Å². The van der Waals surface area contributed by atoms with Crippen LogP contribution >= 0.6 is 11.6 Å². The van der Waals surface area contributed by atoms with E-state index in [1.807, 2.05) is 20.8 Å². The molecule has 0 radical (unpaired) electrons. The second-order valence-electron chi connectivity index (χ2n) is 4.68. The van der Waals surface area contributed by atoms with Crippen molar-refractivity contribution in [1.82, 2.24) is 15.3 Å². The van der Waals surface area contributed by atoms with Crippen LogP contribution in [-0.2, 0) is 10.2 Å². The van der Waals surface area contributed by atoms with Gasteiger partial charge >= 0.3 is 0 Å². The Kier molecular flexibility index (Phi) is 4.28. The minimum Gasteiger partial charge on any atom is -0.361 e. The molecule has 6 heteroatoms. The Morgan fingerprint density at radius 1 is 1.41 bits per heavy atom. The van der Waals surface area contributed by atoms with Crippen LogP contribution in [0.3, 0.4) is 0 Å². The first-order valence-corrected chi connectivity index (χ1v) is 5.70. The van der Waals surface area contributed by atoms with Gasteiger partial charge in [0.2, 0.25) is 5.91 Å². The summed E-state index contributed by atoms with van der Waals surface area (Å²) in [6.07, 6.45) is 0. The first-order valence-electron chi connectivity index (χ1n) is 5.32. The maximum atomic E-state index is 11.1. The molecule has 1 heterocycles. The highest BCUT2D eigenvalue weighted by atomic mass is 35.5. The van der Waals surface area contributed by atoms with Gasteiger partial charge in [0.25, 0.3) is 0 Å². The maximum absolute atomic E-state index is 11.1. The summed E-state index contributed by atoms with van der Waals surface area (Å²) in [7, 11) is 1.58. The van der Waals surface area contributed by atoms with E-state index in [9.17, 15) is 4.79 Å². The molecular formula is C11H17ClN4O. The van der Waals surface area contributed by atoms with Crippen molar-refractivity contribution in [1.29, 1.82) is 0 Å². The molecule has 0 aromatic carbocycles. The third kappa shape index (κ3) is 4.19. The highest BCUT2D eigenvalue weighted by molar-refractivity contribution is 6.29. The smallest absolute Gasteiger partial charge is 0.239 e. The molecule has 0 aliphatic heterocycles. The molecule has 2 N–H and O–H groups in total. The molecule has 1 amide bonds. The average molecular weight is 257 g/mol. The Morgan fingerprint density at radius 2 is 2.06 bits per heavy atom. The van der Waals surface area contributed by atoms with Gasteiger partial charge in [-0.05, 0) is 0 Å². The number of amides is 1. The lowest BCUT2D eigenvalue weighted by atomic mass is 9.96. The number of hydrogen-bond acceptors (Lipinski definition) is 4. The Morgan fingerprint density at radius 3 is 2.59 bits per heavy atom. The zero-order valence-electron chi connectivity index (χ0n) is 10.5. The van der Waals surface area contributed by atoms with E-state index < -0.39 is 0 Å². The summed E-state index contributed by atoms with van der Waals surface area (Å²) in [6, 6.07) is 1.60. The number of nitrogens with zero attached hydrogens (tertiary/aromatic N) is 2. The van der Waals surface area contributed by atoms with E-state index in [1.54, 1.807) is 13.1 Å². The number of anilines is 1. The van der Waals surface area contributed by atoms with E-state index in [-0.39, 0.29) is 17.9 Å². The fraction of sp³-hybridized carbons (Fsp3) is 0.545. The quantitative estimate of drug-likeness (QED) is 0.806. The molecule has 0 saturated carbocycles. The fourth-order valence-electron chi connectivity index (χ4n) is 1.10. The Hall–Kier alpha value is -1.36. The second-order valence-corrected chi connectivity index (χ2v) is 5.06. The fourth-order valence-corrected chi connectivity index (χ4v) is 1.29. The minimum atomic E-state index is -0.186. The number of nitrogens with one attached hydrogen (secondary N) is 2. The lowest BCUT2D eigenvalue weighted by molar-refractivity contribution is -0.118. The number of carbonyl (C=O) groups excluding carboxylic acids is 1. The summed E-state index contributed by atoms with van der Waals surface area (Å²) < 4.78 is 0. The van der Waals surface area contributed by atoms with Gasteiger partial charge in [-0.1, -0.05) is 32.4 Å². The van der Waals surface area contributed by atoms with Crippen LogP contribution in [0.5, 0.6) is 0 Å². The standard InChI is InChI=1S/C11H17ClN4O/c1-11(2,3)10-15-7(12)5-8(16-10)14-6-9(17)13-4/h5H,6H2,1-4H3,(H,13,17)(H,14,15,16). The number of carbonyl (C=O) groups is 1. The lowest BCUT2D eigenvalue weighted by Crippen LogP contribution is -2.27. The van der Waals surface area contributed by atoms with Crippen LogP contribution in [0.15, 0.2) is 6.07 Å². The van der Waals surface area contributed by atoms with E-state index in [1.165, 1.54) is 0 Å². The predicted octanol–water partition coefficient (Wildman–Crippen LogP) is 1.59. The third-order valence-corrected chi connectivity index (χ3v) is 2.27. The van der Waals surface area contributed by atoms with Crippen molar-refractivity contribution in [2.24, 2.45) is 0 Å². The van der Waals surface area contributed by atoms with Crippen LogP contribution < -0.4 is 10.6 Å². The monoisotopic (exact) mass is 256 g/mol. The first-order chi connectivity index (χ1) is 7.82. The van der Waals surface area contributed by atoms with Crippen LogP contribution in [0.25, 0.3) is 0 Å². The molecule has 17 heavy (non-hydrogen) atoms. The van der Waals surface area contributed by atoms with Crippen LogP contribution in [-0.4, -0.2) is 29.5 Å². The molecule has 94 valence electrons. The average Bonchev–Trinajstić information content (AvgIpc) is 2.24. The van der Waals surface area contributed by atoms with E-state index in [0.717, 1.165) is 0 Å². The van der Waals surface area contributed by atoms with Crippen LogP contribution in [0.2, 0.25) is 5.15 Å². The van der Waals surface area contributed by atoms with Crippen LogP contribution in [0.4, 0.5) is 5.82 Å². The number of likely N-dealkylation sites (N-methyl/N-ethyl adjacent to an activating group) is 1. The lowest BCUT2D eigenvalue weighted by Gasteiger charge is -2.17. The topological polar surface area (TPSA) is 66.9 Å². The predicted molar refractivity (Wildman–Crippen MR) is 68.3 cm³/mol. The van der Waals surface area contributed by atoms with Crippen molar-refractivity contribution < 1.29 is 4.79 Å². The minimum absolute atomic E-state index is 0.114. The largest absolute Gasteiger partial charge is 0.361 e. The molecule has 0 bridgehead atoms. The molecule has 0 saturated heterocycles. The molecule has 1 aromatic rings. The number of rotatable bonds is 3. The summed E-state index contributed by atoms with van der Waals surface area (Å²) >= 11 is 5.91. The van der Waals surface area contributed by atoms with Gasteiger partial charge in [0, 0.05) is 18.5 Å². The van der Waals surface area contributed by atoms with E-state index in [0.29, 0.717) is 16.8 Å². The number of halogens is 1. The summed E-state index contributed by atoms with van der Waals surface area (Å²) in [4.78, 5) is 19.6. The zero-order valence-corrected chi connectivity index (χ0v) is 11.2. The van der Waals surface area contributed by atoms with Crippen molar-refractivity contribution in [2.75, 3.05) is 18.9 Å². The molecule has 0 fully saturated rings. The van der Waals surface area contributed by atoms with Gasteiger partial charge < -0.3 is 10.6 Å². The number of hydrogen-bond donors (Lipinski definition) is 2. The highest BCUT2D eigenvalue weighted by Crippen LogP contribution is 2.21. The summed E-state index contributed by atoms with van der Waals surface area (Å²) in [5, 5.41) is 5.78. The Bertz CT molecular complexity index is 414. The SMILES string of the molecule is CNC(=O)CNc1cc(Cl)nc(C(C)(C)C)n1. The summed E-state index contributed by atoms with van der Waals surface area (Å²) in [5.74, 6) is 1.08. The normalized spacial score (nSPS) is 11.1. The first kappa shape index (κ1) is 13.7. The van der Waals surface area contributed by atoms with Crippen LogP contribution in [0.1, 0.15) is 26.6 Å². The van der Waals surface area contributed by atoms with E-state index >= 15 is 0 Å². The van der Waals surface area contributed by atoms with Gasteiger partial charge in [0.05, 0.1) is 6.54 Å². The molecular weight excluding hydrogens is 240 g/mol. The molecule has 0 unspecified atom stereocenters. The van der Waals surface area contributed by atoms with Crippen molar-refractivity contribution in [3.8, 4) is 0 Å². The zero-order chi connectivity index (χ0) is 13.1. The highest BCUT2D eigenvalue weighted by Gasteiger charge is 2.18. The second kappa shape index (κ2) is 5.31. The summed E-state index contributed by atoms with van der Waals surface area (Å²) in [6.45, 7) is 6.16. The van der Waals surface area contributed by atoms with E-state index in [4.69, 9.17) is 11.6 Å². The molecule has 0 aliphatic rings. The molecule has 0 aliphatic carbocycles. The van der Waals surface area contributed by atoms with Gasteiger partial charge in [0.1, 0.15) is 16.8 Å². The van der Waals surface area contributed by atoms with Crippen molar-refractivity contribution >= 4 is 23.3 Å². The molecule has 1 aromatic heterocycles. The van der Waals surface area contributed by atoms with Crippen LogP contribution in [0, 0.1) is 0 Å². The van der Waals surface area contributed by atoms with Gasteiger partial charge in [-0.3, -0.25) is 4.79 Å². The molecule has 0 spiro atoms. The van der Waals surface area contributed by atoms with Crippen molar-refractivity contribution in [3.05, 3.63) is 17.0 Å². The Balaban J connectivity index is 2.87. The van der Waals surface area contributed by atoms with Gasteiger partial charge in [-0.2, -0.15) is 0 Å². The van der Waals surface area contributed by atoms with Gasteiger partial charge in [-0.15, -0.1) is 0 Å². The third-order valence-electron chi connectivity index (χ3n) is 2.07. The van der Waals surface area contributed by atoms with Gasteiger partial charge in [-0.25, -0.2) is 9.97 Å². The van der Waals surface area contributed by atoms with E-state index in [2.05, 4.69) is 20.6 Å². The molecule has 1 rings (SSSR count). The number of aromatic nitrogens is 2. The Labute approximate surface area is 106 Å². The maximum Gasteiger partial charge on any atom is 0.239 e.